The highest BCUT2D eigenvalue weighted by molar-refractivity contribution is 9.10. The van der Waals surface area contributed by atoms with Crippen molar-refractivity contribution in [3.05, 3.63) is 46.4 Å². The fourth-order valence-electron chi connectivity index (χ4n) is 2.18. The van der Waals surface area contributed by atoms with Gasteiger partial charge in [-0.3, -0.25) is 4.79 Å². The van der Waals surface area contributed by atoms with Crippen LogP contribution in [0.3, 0.4) is 0 Å². The molecule has 0 heterocycles. The number of halogens is 1. The predicted octanol–water partition coefficient (Wildman–Crippen LogP) is 5.37. The minimum Gasteiger partial charge on any atom is -0.294 e. The molecular weight excluding hydrogens is 288 g/mol. The first kappa shape index (κ1) is 13.3. The average molecular weight is 305 g/mol. The molecule has 18 heavy (non-hydrogen) atoms. The molecule has 0 atom stereocenters. The predicted molar refractivity (Wildman–Crippen MR) is 80.1 cm³/mol. The fraction of sp³-hybridized carbons (Fsp3) is 0.312. The van der Waals surface area contributed by atoms with Crippen LogP contribution in [-0.2, 0) is 0 Å². The molecule has 94 valence electrons. The van der Waals surface area contributed by atoms with Crippen LogP contribution in [0.5, 0.6) is 0 Å². The first-order valence-electron chi connectivity index (χ1n) is 6.44. The SMILES string of the molecule is CCCCCC(=O)c1ccc(Br)c2ccccc12. The highest BCUT2D eigenvalue weighted by Crippen LogP contribution is 2.27. The van der Waals surface area contributed by atoms with Gasteiger partial charge in [-0.05, 0) is 29.3 Å². The summed E-state index contributed by atoms with van der Waals surface area (Å²) < 4.78 is 1.04. The smallest absolute Gasteiger partial charge is 0.163 e. The Bertz CT molecular complexity index is 560. The lowest BCUT2D eigenvalue weighted by molar-refractivity contribution is 0.0981. The highest BCUT2D eigenvalue weighted by Gasteiger charge is 2.10. The summed E-state index contributed by atoms with van der Waals surface area (Å²) in [4.78, 5) is 12.2. The van der Waals surface area contributed by atoms with Crippen LogP contribution in [0, 0.1) is 0 Å². The average Bonchev–Trinajstić information content (AvgIpc) is 2.39. The van der Waals surface area contributed by atoms with E-state index in [1.165, 1.54) is 0 Å². The molecule has 2 heteroatoms. The third-order valence-electron chi connectivity index (χ3n) is 3.18. The maximum Gasteiger partial charge on any atom is 0.163 e. The zero-order valence-electron chi connectivity index (χ0n) is 10.6. The Hall–Kier alpha value is -1.15. The van der Waals surface area contributed by atoms with Crippen molar-refractivity contribution in [1.29, 1.82) is 0 Å². The Kier molecular flexibility index (Phi) is 4.54. The summed E-state index contributed by atoms with van der Waals surface area (Å²) >= 11 is 3.53. The zero-order valence-corrected chi connectivity index (χ0v) is 12.2. The van der Waals surface area contributed by atoms with Gasteiger partial charge in [-0.25, -0.2) is 0 Å². The van der Waals surface area contributed by atoms with E-state index in [0.29, 0.717) is 6.42 Å². The second-order valence-corrected chi connectivity index (χ2v) is 5.38. The lowest BCUT2D eigenvalue weighted by Crippen LogP contribution is -2.00. The van der Waals surface area contributed by atoms with E-state index in [0.717, 1.165) is 40.1 Å². The lowest BCUT2D eigenvalue weighted by atomic mass is 9.98. The number of carbonyl (C=O) groups excluding carboxylic acids is 1. The van der Waals surface area contributed by atoms with Gasteiger partial charge >= 0.3 is 0 Å². The normalized spacial score (nSPS) is 10.8. The van der Waals surface area contributed by atoms with Crippen LogP contribution in [0.2, 0.25) is 0 Å². The second-order valence-electron chi connectivity index (χ2n) is 4.52. The van der Waals surface area contributed by atoms with E-state index >= 15 is 0 Å². The van der Waals surface area contributed by atoms with Gasteiger partial charge < -0.3 is 0 Å². The Labute approximate surface area is 116 Å². The molecule has 0 saturated heterocycles. The number of rotatable bonds is 5. The molecule has 0 spiro atoms. The number of hydrogen-bond acceptors (Lipinski definition) is 1. The molecule has 0 N–H and O–H groups in total. The van der Waals surface area contributed by atoms with Gasteiger partial charge in [0.1, 0.15) is 0 Å². The van der Waals surface area contributed by atoms with Crippen molar-refractivity contribution < 1.29 is 4.79 Å². The van der Waals surface area contributed by atoms with Crippen LogP contribution in [0.25, 0.3) is 10.8 Å². The van der Waals surface area contributed by atoms with Crippen molar-refractivity contribution in [1.82, 2.24) is 0 Å². The summed E-state index contributed by atoms with van der Waals surface area (Å²) in [5, 5.41) is 2.16. The fourth-order valence-corrected chi connectivity index (χ4v) is 2.65. The summed E-state index contributed by atoms with van der Waals surface area (Å²) in [5.41, 5.74) is 0.852. The number of carbonyl (C=O) groups is 1. The number of fused-ring (bicyclic) bond motifs is 1. The van der Waals surface area contributed by atoms with E-state index in [2.05, 4.69) is 22.9 Å². The number of ketones is 1. The van der Waals surface area contributed by atoms with Crippen LogP contribution in [0.15, 0.2) is 40.9 Å². The molecule has 0 fully saturated rings. The van der Waals surface area contributed by atoms with Gasteiger partial charge in [0.25, 0.3) is 0 Å². The molecule has 0 radical (unpaired) electrons. The molecule has 2 rings (SSSR count). The number of Topliss-reactive ketones (excluding diaryl/α,β-unsaturated/α-hetero) is 1. The van der Waals surface area contributed by atoms with Gasteiger partial charge in [0, 0.05) is 16.5 Å². The minimum atomic E-state index is 0.257. The number of benzene rings is 2. The third-order valence-corrected chi connectivity index (χ3v) is 3.87. The number of unbranched alkanes of at least 4 members (excludes halogenated alkanes) is 2. The molecule has 0 aliphatic heterocycles. The summed E-state index contributed by atoms with van der Waals surface area (Å²) in [6.07, 6.45) is 3.91. The van der Waals surface area contributed by atoms with Crippen LogP contribution in [0.1, 0.15) is 43.0 Å². The van der Waals surface area contributed by atoms with Gasteiger partial charge in [-0.2, -0.15) is 0 Å². The molecule has 0 amide bonds. The Balaban J connectivity index is 2.33. The van der Waals surface area contributed by atoms with E-state index in [-0.39, 0.29) is 5.78 Å². The third kappa shape index (κ3) is 2.81. The van der Waals surface area contributed by atoms with E-state index in [1.807, 2.05) is 36.4 Å². The van der Waals surface area contributed by atoms with E-state index in [9.17, 15) is 4.79 Å². The van der Waals surface area contributed by atoms with Gasteiger partial charge in [0.15, 0.2) is 5.78 Å². The van der Waals surface area contributed by atoms with Crippen LogP contribution in [-0.4, -0.2) is 5.78 Å². The summed E-state index contributed by atoms with van der Waals surface area (Å²) in [5.74, 6) is 0.257. The van der Waals surface area contributed by atoms with Crippen LogP contribution < -0.4 is 0 Å². The summed E-state index contributed by atoms with van der Waals surface area (Å²) in [6.45, 7) is 2.15. The van der Waals surface area contributed by atoms with E-state index < -0.39 is 0 Å². The van der Waals surface area contributed by atoms with Crippen molar-refractivity contribution in [2.45, 2.75) is 32.6 Å². The minimum absolute atomic E-state index is 0.257. The standard InChI is InChI=1S/C16H17BrO/c1-2-3-4-9-16(18)14-10-11-15(17)13-8-6-5-7-12(13)14/h5-8,10-11H,2-4,9H2,1H3. The first-order valence-corrected chi connectivity index (χ1v) is 7.23. The molecule has 1 nitrogen and oxygen atoms in total. The maximum atomic E-state index is 12.2. The van der Waals surface area contributed by atoms with Crippen molar-refractivity contribution in [3.8, 4) is 0 Å². The summed E-state index contributed by atoms with van der Waals surface area (Å²) in [6, 6.07) is 11.9. The molecule has 0 aromatic heterocycles. The van der Waals surface area contributed by atoms with Crippen molar-refractivity contribution in [3.63, 3.8) is 0 Å². The first-order chi connectivity index (χ1) is 8.74. The molecule has 2 aromatic carbocycles. The molecule has 0 aliphatic carbocycles. The monoisotopic (exact) mass is 304 g/mol. The molecular formula is C16H17BrO. The van der Waals surface area contributed by atoms with Gasteiger partial charge in [-0.15, -0.1) is 0 Å². The Morgan fingerprint density at radius 3 is 2.50 bits per heavy atom. The van der Waals surface area contributed by atoms with Gasteiger partial charge in [0.2, 0.25) is 0 Å². The Morgan fingerprint density at radius 1 is 1.06 bits per heavy atom. The molecule has 0 saturated carbocycles. The van der Waals surface area contributed by atoms with Gasteiger partial charge in [0.05, 0.1) is 0 Å². The van der Waals surface area contributed by atoms with E-state index in [4.69, 9.17) is 0 Å². The lowest BCUT2D eigenvalue weighted by Gasteiger charge is -2.07. The highest BCUT2D eigenvalue weighted by atomic mass is 79.9. The number of hydrogen-bond donors (Lipinski definition) is 0. The zero-order chi connectivity index (χ0) is 13.0. The largest absolute Gasteiger partial charge is 0.294 e. The van der Waals surface area contributed by atoms with Crippen molar-refractivity contribution in [2.75, 3.05) is 0 Å². The quantitative estimate of drug-likeness (QED) is 0.536. The van der Waals surface area contributed by atoms with Crippen molar-refractivity contribution in [2.24, 2.45) is 0 Å². The van der Waals surface area contributed by atoms with E-state index in [1.54, 1.807) is 0 Å². The van der Waals surface area contributed by atoms with Crippen molar-refractivity contribution >= 4 is 32.5 Å². The molecule has 0 aliphatic rings. The topological polar surface area (TPSA) is 17.1 Å². The van der Waals surface area contributed by atoms with Gasteiger partial charge in [-0.1, -0.05) is 60.0 Å². The van der Waals surface area contributed by atoms with Crippen LogP contribution in [0.4, 0.5) is 0 Å². The second kappa shape index (κ2) is 6.14. The molecule has 0 unspecified atom stereocenters. The molecule has 0 bridgehead atoms. The maximum absolute atomic E-state index is 12.2. The Morgan fingerprint density at radius 2 is 1.78 bits per heavy atom. The van der Waals surface area contributed by atoms with Crippen LogP contribution >= 0.6 is 15.9 Å². The summed E-state index contributed by atoms with van der Waals surface area (Å²) in [7, 11) is 0. The molecule has 2 aromatic rings.